The van der Waals surface area contributed by atoms with Gasteiger partial charge in [0.1, 0.15) is 28.8 Å². The van der Waals surface area contributed by atoms with E-state index in [1.54, 1.807) is 13.0 Å². The summed E-state index contributed by atoms with van der Waals surface area (Å²) in [5.74, 6) is -5.21. The van der Waals surface area contributed by atoms with Crippen molar-refractivity contribution in [3.63, 3.8) is 0 Å². The summed E-state index contributed by atoms with van der Waals surface area (Å²) in [5.41, 5.74) is -1.77. The molecule has 0 bridgehead atoms. The van der Waals surface area contributed by atoms with E-state index in [1.165, 1.54) is 18.2 Å². The molecule has 0 atom stereocenters. The Morgan fingerprint density at radius 3 is 1.59 bits per heavy atom. The summed E-state index contributed by atoms with van der Waals surface area (Å²) >= 11 is 0. The second kappa shape index (κ2) is 6.72. The summed E-state index contributed by atoms with van der Waals surface area (Å²) in [6.07, 6.45) is -5.21. The second-order valence-electron chi connectivity index (χ2n) is 5.99. The summed E-state index contributed by atoms with van der Waals surface area (Å²) in [6, 6.07) is 8.58. The van der Waals surface area contributed by atoms with Crippen LogP contribution in [-0.4, -0.2) is 0 Å². The van der Waals surface area contributed by atoms with Gasteiger partial charge in [-0.05, 0) is 47.9 Å². The van der Waals surface area contributed by atoms with Crippen LogP contribution in [-0.2, 0) is 6.18 Å². The third-order valence-corrected chi connectivity index (χ3v) is 4.04. The molecule has 0 aliphatic rings. The Bertz CT molecular complexity index is 996. The molecule has 3 aromatic rings. The lowest BCUT2D eigenvalue weighted by Crippen LogP contribution is -2.11. The van der Waals surface area contributed by atoms with Gasteiger partial charge in [0.2, 0.25) is 0 Å². The van der Waals surface area contributed by atoms with Gasteiger partial charge in [0.25, 0.3) is 0 Å². The summed E-state index contributed by atoms with van der Waals surface area (Å²) < 4.78 is 93.8. The van der Waals surface area contributed by atoms with Crippen LogP contribution in [0.4, 0.5) is 30.7 Å². The third-order valence-electron chi connectivity index (χ3n) is 4.04. The highest BCUT2D eigenvalue weighted by Crippen LogP contribution is 2.37. The lowest BCUT2D eigenvalue weighted by Gasteiger charge is -2.12. The van der Waals surface area contributed by atoms with Crippen LogP contribution in [0.2, 0.25) is 0 Å². The first-order chi connectivity index (χ1) is 12.6. The van der Waals surface area contributed by atoms with Gasteiger partial charge in [-0.1, -0.05) is 24.3 Å². The molecular formula is C20H11F7. The molecule has 140 valence electrons. The maximum Gasteiger partial charge on any atom is 0.422 e. The summed E-state index contributed by atoms with van der Waals surface area (Å²) in [6.45, 7) is 1.68. The lowest BCUT2D eigenvalue weighted by molar-refractivity contribution is -0.142. The summed E-state index contributed by atoms with van der Waals surface area (Å²) in [5, 5.41) is 0. The highest BCUT2D eigenvalue weighted by Gasteiger charge is 2.38. The minimum absolute atomic E-state index is 0.121. The molecule has 3 rings (SSSR count). The van der Waals surface area contributed by atoms with Crippen LogP contribution < -0.4 is 0 Å². The Hall–Kier alpha value is -2.83. The van der Waals surface area contributed by atoms with Crippen molar-refractivity contribution in [1.82, 2.24) is 0 Å². The molecule has 3 aromatic carbocycles. The van der Waals surface area contributed by atoms with Crippen LogP contribution in [0.5, 0.6) is 0 Å². The predicted octanol–water partition coefficient (Wildman–Crippen LogP) is 6.90. The molecule has 27 heavy (non-hydrogen) atoms. The lowest BCUT2D eigenvalue weighted by atomic mass is 9.97. The van der Waals surface area contributed by atoms with E-state index >= 15 is 0 Å². The Morgan fingerprint density at radius 2 is 1.07 bits per heavy atom. The van der Waals surface area contributed by atoms with Gasteiger partial charge in [0.05, 0.1) is 0 Å². The molecule has 0 nitrogen and oxygen atoms in total. The van der Waals surface area contributed by atoms with Crippen LogP contribution in [0.1, 0.15) is 11.1 Å². The Balaban J connectivity index is 2.07. The minimum atomic E-state index is -5.21. The zero-order valence-electron chi connectivity index (χ0n) is 13.8. The number of benzene rings is 3. The monoisotopic (exact) mass is 384 g/mol. The molecular weight excluding hydrogens is 373 g/mol. The van der Waals surface area contributed by atoms with E-state index < -0.39 is 40.6 Å². The largest absolute Gasteiger partial charge is 0.422 e. The van der Waals surface area contributed by atoms with Gasteiger partial charge < -0.3 is 0 Å². The van der Waals surface area contributed by atoms with Crippen LogP contribution in [0.3, 0.4) is 0 Å². The van der Waals surface area contributed by atoms with Gasteiger partial charge in [-0.2, -0.15) is 13.2 Å². The first-order valence-electron chi connectivity index (χ1n) is 7.70. The predicted molar refractivity (Wildman–Crippen MR) is 86.9 cm³/mol. The van der Waals surface area contributed by atoms with Crippen molar-refractivity contribution in [2.45, 2.75) is 13.1 Å². The van der Waals surface area contributed by atoms with Crippen molar-refractivity contribution >= 4 is 0 Å². The molecule has 0 amide bonds. The van der Waals surface area contributed by atoms with E-state index in [9.17, 15) is 30.7 Å². The number of alkyl halides is 3. The summed E-state index contributed by atoms with van der Waals surface area (Å²) in [4.78, 5) is 0. The number of hydrogen-bond donors (Lipinski definition) is 0. The number of halogens is 7. The molecule has 0 fully saturated rings. The zero-order chi connectivity index (χ0) is 19.9. The van der Waals surface area contributed by atoms with E-state index in [-0.39, 0.29) is 16.7 Å². The van der Waals surface area contributed by atoms with Gasteiger partial charge in [0, 0.05) is 11.1 Å². The van der Waals surface area contributed by atoms with Crippen LogP contribution in [0, 0.1) is 30.2 Å². The maximum absolute atomic E-state index is 14.4. The van der Waals surface area contributed by atoms with Gasteiger partial charge in [-0.3, -0.25) is 0 Å². The molecule has 0 aliphatic carbocycles. The fraction of sp³-hybridized carbons (Fsp3) is 0.100. The van der Waals surface area contributed by atoms with Crippen LogP contribution in [0.15, 0.2) is 48.5 Å². The molecule has 0 saturated carbocycles. The fourth-order valence-corrected chi connectivity index (χ4v) is 2.77. The van der Waals surface area contributed by atoms with Crippen molar-refractivity contribution in [3.05, 3.63) is 82.9 Å². The molecule has 0 aliphatic heterocycles. The number of rotatable bonds is 2. The standard InChI is InChI=1S/C20H11F7/c1-10-2-4-13(15(21)6-10)11-3-5-14(16(22)7-11)12-8-17(23)19(18(24)9-12)20(25,26)27/h2-9H,1H3. The van der Waals surface area contributed by atoms with E-state index in [1.807, 2.05) is 0 Å². The smallest absolute Gasteiger partial charge is 0.206 e. The topological polar surface area (TPSA) is 0 Å². The quantitative estimate of drug-likeness (QED) is 0.422. The van der Waals surface area contributed by atoms with Gasteiger partial charge in [-0.25, -0.2) is 17.6 Å². The molecule has 0 radical (unpaired) electrons. The van der Waals surface area contributed by atoms with E-state index in [0.29, 0.717) is 17.7 Å². The summed E-state index contributed by atoms with van der Waals surface area (Å²) in [7, 11) is 0. The maximum atomic E-state index is 14.4. The van der Waals surface area contributed by atoms with Crippen LogP contribution in [0.25, 0.3) is 22.3 Å². The normalized spacial score (nSPS) is 11.7. The van der Waals surface area contributed by atoms with Gasteiger partial charge in [-0.15, -0.1) is 0 Å². The first kappa shape index (κ1) is 18.9. The molecule has 7 heteroatoms. The Labute approximate surface area is 149 Å². The van der Waals surface area contributed by atoms with Crippen molar-refractivity contribution < 1.29 is 30.7 Å². The highest BCUT2D eigenvalue weighted by atomic mass is 19.4. The van der Waals surface area contributed by atoms with E-state index in [0.717, 1.165) is 12.1 Å². The second-order valence-corrected chi connectivity index (χ2v) is 5.99. The average Bonchev–Trinajstić information content (AvgIpc) is 2.52. The number of aryl methyl sites for hydroxylation is 1. The molecule has 0 unspecified atom stereocenters. The van der Waals surface area contributed by atoms with Crippen molar-refractivity contribution in [3.8, 4) is 22.3 Å². The highest BCUT2D eigenvalue weighted by molar-refractivity contribution is 5.72. The van der Waals surface area contributed by atoms with E-state index in [2.05, 4.69) is 0 Å². The van der Waals surface area contributed by atoms with Crippen molar-refractivity contribution in [2.24, 2.45) is 0 Å². The first-order valence-corrected chi connectivity index (χ1v) is 7.70. The SMILES string of the molecule is Cc1ccc(-c2ccc(-c3cc(F)c(C(F)(F)F)c(F)c3)c(F)c2)c(F)c1. The van der Waals surface area contributed by atoms with Crippen molar-refractivity contribution in [2.75, 3.05) is 0 Å². The van der Waals surface area contributed by atoms with Gasteiger partial charge >= 0.3 is 6.18 Å². The molecule has 0 spiro atoms. The Morgan fingerprint density at radius 1 is 0.593 bits per heavy atom. The van der Waals surface area contributed by atoms with E-state index in [4.69, 9.17) is 0 Å². The van der Waals surface area contributed by atoms with Crippen LogP contribution >= 0.6 is 0 Å². The molecule has 0 N–H and O–H groups in total. The van der Waals surface area contributed by atoms with Gasteiger partial charge in [0.15, 0.2) is 0 Å². The molecule has 0 saturated heterocycles. The fourth-order valence-electron chi connectivity index (χ4n) is 2.77. The molecule has 0 heterocycles. The van der Waals surface area contributed by atoms with Crippen molar-refractivity contribution in [1.29, 1.82) is 0 Å². The third kappa shape index (κ3) is 3.67. The minimum Gasteiger partial charge on any atom is -0.206 e. The number of hydrogen-bond acceptors (Lipinski definition) is 0. The Kier molecular flexibility index (Phi) is 4.71. The zero-order valence-corrected chi connectivity index (χ0v) is 13.8. The molecule has 0 aromatic heterocycles. The average molecular weight is 384 g/mol.